The second-order valence-electron chi connectivity index (χ2n) is 3.14. The van der Waals surface area contributed by atoms with Crippen LogP contribution in [-0.4, -0.2) is 42.4 Å². The minimum Gasteiger partial charge on any atom is -0.368 e. The van der Waals surface area contributed by atoms with E-state index in [-0.39, 0.29) is 18.5 Å². The van der Waals surface area contributed by atoms with Gasteiger partial charge in [0.05, 0.1) is 12.6 Å². The third kappa shape index (κ3) is 2.42. The zero-order valence-corrected chi connectivity index (χ0v) is 7.75. The lowest BCUT2D eigenvalue weighted by atomic mass is 10.1. The molecule has 1 saturated heterocycles. The maximum atomic E-state index is 11.5. The number of carbonyl (C=O) groups is 2. The lowest BCUT2D eigenvalue weighted by Gasteiger charge is -2.31. The van der Waals surface area contributed by atoms with Gasteiger partial charge in [-0.2, -0.15) is 0 Å². The molecule has 1 heterocycles. The summed E-state index contributed by atoms with van der Waals surface area (Å²) in [6, 6.07) is -0.145. The van der Waals surface area contributed by atoms with Gasteiger partial charge in [0.25, 0.3) is 0 Å². The molecule has 0 aromatic carbocycles. The SMILES string of the molecule is CCC1NCCN(CC(N)=O)C1=O. The Hall–Kier alpha value is -1.10. The number of nitrogens with two attached hydrogens (primary N) is 1. The van der Waals surface area contributed by atoms with Crippen LogP contribution in [0.4, 0.5) is 0 Å². The number of carbonyl (C=O) groups excluding carboxylic acids is 2. The Morgan fingerprint density at radius 1 is 1.77 bits per heavy atom. The molecule has 0 aliphatic carbocycles. The number of piperazine rings is 1. The monoisotopic (exact) mass is 185 g/mol. The third-order valence-electron chi connectivity index (χ3n) is 2.14. The fourth-order valence-electron chi connectivity index (χ4n) is 1.46. The highest BCUT2D eigenvalue weighted by Crippen LogP contribution is 2.03. The van der Waals surface area contributed by atoms with Gasteiger partial charge in [-0.3, -0.25) is 9.59 Å². The molecule has 5 heteroatoms. The van der Waals surface area contributed by atoms with Crippen molar-refractivity contribution in [2.45, 2.75) is 19.4 Å². The molecule has 0 radical (unpaired) electrons. The number of primary amides is 1. The molecule has 1 atom stereocenters. The summed E-state index contributed by atoms with van der Waals surface area (Å²) in [4.78, 5) is 23.7. The lowest BCUT2D eigenvalue weighted by molar-refractivity contribution is -0.139. The van der Waals surface area contributed by atoms with E-state index in [1.54, 1.807) is 0 Å². The van der Waals surface area contributed by atoms with Crippen molar-refractivity contribution in [3.8, 4) is 0 Å². The lowest BCUT2D eigenvalue weighted by Crippen LogP contribution is -2.56. The summed E-state index contributed by atoms with van der Waals surface area (Å²) in [5, 5.41) is 3.08. The Bertz CT molecular complexity index is 217. The molecule has 13 heavy (non-hydrogen) atoms. The van der Waals surface area contributed by atoms with Crippen LogP contribution in [0.5, 0.6) is 0 Å². The standard InChI is InChI=1S/C8H15N3O2/c1-2-6-8(13)11(4-3-10-6)5-7(9)12/h6,10H,2-5H2,1H3,(H2,9,12). The summed E-state index contributed by atoms with van der Waals surface area (Å²) in [6.07, 6.45) is 0.744. The van der Waals surface area contributed by atoms with Crippen molar-refractivity contribution in [1.29, 1.82) is 0 Å². The van der Waals surface area contributed by atoms with Crippen molar-refractivity contribution < 1.29 is 9.59 Å². The largest absolute Gasteiger partial charge is 0.368 e. The molecule has 1 aliphatic heterocycles. The molecule has 0 bridgehead atoms. The molecule has 1 unspecified atom stereocenters. The van der Waals surface area contributed by atoms with Crippen LogP contribution in [0.1, 0.15) is 13.3 Å². The molecule has 5 nitrogen and oxygen atoms in total. The molecule has 74 valence electrons. The number of rotatable bonds is 3. The van der Waals surface area contributed by atoms with Gasteiger partial charge in [0.2, 0.25) is 11.8 Å². The molecular weight excluding hydrogens is 170 g/mol. The van der Waals surface area contributed by atoms with Crippen LogP contribution in [0.25, 0.3) is 0 Å². The van der Waals surface area contributed by atoms with Crippen molar-refractivity contribution in [2.75, 3.05) is 19.6 Å². The smallest absolute Gasteiger partial charge is 0.240 e. The Morgan fingerprint density at radius 2 is 2.46 bits per heavy atom. The normalized spacial score (nSPS) is 23.3. The second kappa shape index (κ2) is 4.23. The number of nitrogens with one attached hydrogen (secondary N) is 1. The Balaban J connectivity index is 2.54. The highest BCUT2D eigenvalue weighted by Gasteiger charge is 2.27. The number of amides is 2. The van der Waals surface area contributed by atoms with Gasteiger partial charge in [-0.25, -0.2) is 0 Å². The molecule has 0 aromatic rings. The molecule has 2 amide bonds. The molecule has 3 N–H and O–H groups in total. The van der Waals surface area contributed by atoms with Crippen molar-refractivity contribution in [3.63, 3.8) is 0 Å². The maximum Gasteiger partial charge on any atom is 0.240 e. The Labute approximate surface area is 77.3 Å². The first-order chi connectivity index (χ1) is 6.15. The van der Waals surface area contributed by atoms with Crippen molar-refractivity contribution in [2.24, 2.45) is 5.73 Å². The fourth-order valence-corrected chi connectivity index (χ4v) is 1.46. The Morgan fingerprint density at radius 3 is 3.00 bits per heavy atom. The van der Waals surface area contributed by atoms with Gasteiger partial charge >= 0.3 is 0 Å². The van der Waals surface area contributed by atoms with E-state index in [1.165, 1.54) is 4.90 Å². The van der Waals surface area contributed by atoms with Crippen molar-refractivity contribution in [3.05, 3.63) is 0 Å². The van der Waals surface area contributed by atoms with E-state index in [0.29, 0.717) is 6.54 Å². The highest BCUT2D eigenvalue weighted by molar-refractivity contribution is 5.87. The predicted molar refractivity (Wildman–Crippen MR) is 47.9 cm³/mol. The average molecular weight is 185 g/mol. The van der Waals surface area contributed by atoms with Crippen molar-refractivity contribution in [1.82, 2.24) is 10.2 Å². The zero-order chi connectivity index (χ0) is 9.84. The number of hydrogen-bond acceptors (Lipinski definition) is 3. The van der Waals surface area contributed by atoms with Gasteiger partial charge in [-0.05, 0) is 6.42 Å². The van der Waals surface area contributed by atoms with Crippen LogP contribution in [-0.2, 0) is 9.59 Å². The zero-order valence-electron chi connectivity index (χ0n) is 7.75. The van der Waals surface area contributed by atoms with Crippen LogP contribution < -0.4 is 11.1 Å². The minimum atomic E-state index is -0.454. The summed E-state index contributed by atoms with van der Waals surface area (Å²) in [7, 11) is 0. The van der Waals surface area contributed by atoms with E-state index in [1.807, 2.05) is 6.92 Å². The van der Waals surface area contributed by atoms with Gasteiger partial charge in [-0.1, -0.05) is 6.92 Å². The van der Waals surface area contributed by atoms with E-state index < -0.39 is 5.91 Å². The molecular formula is C8H15N3O2. The van der Waals surface area contributed by atoms with Crippen LogP contribution in [0.15, 0.2) is 0 Å². The molecule has 1 fully saturated rings. The van der Waals surface area contributed by atoms with Crippen LogP contribution in [0, 0.1) is 0 Å². The number of hydrogen-bond donors (Lipinski definition) is 2. The third-order valence-corrected chi connectivity index (χ3v) is 2.14. The second-order valence-corrected chi connectivity index (χ2v) is 3.14. The van der Waals surface area contributed by atoms with E-state index in [0.717, 1.165) is 13.0 Å². The first kappa shape index (κ1) is 9.98. The molecule has 0 aromatic heterocycles. The summed E-state index contributed by atoms with van der Waals surface area (Å²) in [5.41, 5.74) is 5.02. The fraction of sp³-hybridized carbons (Fsp3) is 0.750. The summed E-state index contributed by atoms with van der Waals surface area (Å²) >= 11 is 0. The molecule has 0 spiro atoms. The van der Waals surface area contributed by atoms with Gasteiger partial charge in [0.15, 0.2) is 0 Å². The van der Waals surface area contributed by atoms with Crippen LogP contribution in [0.2, 0.25) is 0 Å². The minimum absolute atomic E-state index is 0.0208. The highest BCUT2D eigenvalue weighted by atomic mass is 16.2. The van der Waals surface area contributed by atoms with Gasteiger partial charge in [-0.15, -0.1) is 0 Å². The Kier molecular flexibility index (Phi) is 3.25. The van der Waals surface area contributed by atoms with Gasteiger partial charge in [0.1, 0.15) is 0 Å². The van der Waals surface area contributed by atoms with Gasteiger partial charge < -0.3 is 16.0 Å². The van der Waals surface area contributed by atoms with E-state index in [9.17, 15) is 9.59 Å². The molecule has 1 aliphatic rings. The van der Waals surface area contributed by atoms with E-state index in [2.05, 4.69) is 5.32 Å². The first-order valence-electron chi connectivity index (χ1n) is 4.45. The topological polar surface area (TPSA) is 75.4 Å². The summed E-state index contributed by atoms with van der Waals surface area (Å²) < 4.78 is 0. The summed E-state index contributed by atoms with van der Waals surface area (Å²) in [6.45, 7) is 3.27. The average Bonchev–Trinajstić information content (AvgIpc) is 2.08. The van der Waals surface area contributed by atoms with E-state index in [4.69, 9.17) is 5.73 Å². The first-order valence-corrected chi connectivity index (χ1v) is 4.45. The maximum absolute atomic E-state index is 11.5. The van der Waals surface area contributed by atoms with Gasteiger partial charge in [0, 0.05) is 13.1 Å². The van der Waals surface area contributed by atoms with Crippen molar-refractivity contribution >= 4 is 11.8 Å². The number of nitrogens with zero attached hydrogens (tertiary/aromatic N) is 1. The summed E-state index contributed by atoms with van der Waals surface area (Å²) in [5.74, 6) is -0.474. The molecule has 1 rings (SSSR count). The van der Waals surface area contributed by atoms with Crippen LogP contribution in [0.3, 0.4) is 0 Å². The predicted octanol–water partition coefficient (Wildman–Crippen LogP) is -1.32. The van der Waals surface area contributed by atoms with Crippen LogP contribution >= 0.6 is 0 Å². The van der Waals surface area contributed by atoms with E-state index >= 15 is 0 Å². The quantitative estimate of drug-likeness (QED) is 0.572. The molecule has 0 saturated carbocycles.